The first-order valence-corrected chi connectivity index (χ1v) is 6.13. The highest BCUT2D eigenvalue weighted by Crippen LogP contribution is 2.13. The van der Waals surface area contributed by atoms with Crippen LogP contribution in [0.1, 0.15) is 27.9 Å². The molecule has 0 aliphatic heterocycles. The summed E-state index contributed by atoms with van der Waals surface area (Å²) in [6.45, 7) is 1.88. The molecule has 1 heterocycles. The normalized spacial score (nSPS) is 9.70. The maximum Gasteiger partial charge on any atom is 0.257 e. The topological polar surface area (TPSA) is 75.4 Å². The second-order valence-electron chi connectivity index (χ2n) is 4.14. The number of hydrogen-bond donors (Lipinski definition) is 2. The van der Waals surface area contributed by atoms with E-state index in [-0.39, 0.29) is 12.5 Å². The van der Waals surface area contributed by atoms with Gasteiger partial charge in [0.15, 0.2) is 5.82 Å². The van der Waals surface area contributed by atoms with Gasteiger partial charge in [0, 0.05) is 23.6 Å². The van der Waals surface area contributed by atoms with Gasteiger partial charge in [0.2, 0.25) is 0 Å². The first-order chi connectivity index (χ1) is 9.70. The minimum atomic E-state index is -0.262. The molecule has 2 N–H and O–H groups in total. The number of amides is 1. The van der Waals surface area contributed by atoms with E-state index in [0.717, 1.165) is 11.1 Å². The van der Waals surface area contributed by atoms with Crippen LogP contribution in [0, 0.1) is 18.8 Å². The third-order valence-corrected chi connectivity index (χ3v) is 2.63. The maximum atomic E-state index is 12.1. The smallest absolute Gasteiger partial charge is 0.257 e. The zero-order valence-electron chi connectivity index (χ0n) is 11.0. The molecular weight excluding hydrogens is 256 g/mol. The van der Waals surface area contributed by atoms with Crippen LogP contribution in [-0.2, 0) is 0 Å². The lowest BCUT2D eigenvalue weighted by atomic mass is 10.0. The van der Waals surface area contributed by atoms with Gasteiger partial charge in [0.1, 0.15) is 6.26 Å². The van der Waals surface area contributed by atoms with Gasteiger partial charge in [0.25, 0.3) is 5.91 Å². The molecule has 0 radical (unpaired) electrons. The van der Waals surface area contributed by atoms with Crippen LogP contribution in [0.25, 0.3) is 0 Å². The van der Waals surface area contributed by atoms with E-state index in [1.807, 2.05) is 19.1 Å². The molecule has 0 atom stereocenters. The lowest BCUT2D eigenvalue weighted by Crippen LogP contribution is -2.13. The number of aromatic nitrogens is 1. The Balaban J connectivity index is 2.20. The Labute approximate surface area is 116 Å². The Morgan fingerprint density at radius 2 is 2.30 bits per heavy atom. The average molecular weight is 270 g/mol. The van der Waals surface area contributed by atoms with Gasteiger partial charge in [-0.25, -0.2) is 0 Å². The molecule has 0 aliphatic rings. The Morgan fingerprint density at radius 1 is 1.45 bits per heavy atom. The number of hydrogen-bond acceptors (Lipinski definition) is 4. The number of nitrogens with one attached hydrogen (secondary N) is 1. The predicted octanol–water partition coefficient (Wildman–Crippen LogP) is 1.97. The lowest BCUT2D eigenvalue weighted by molar-refractivity contribution is 0.102. The molecule has 0 unspecified atom stereocenters. The van der Waals surface area contributed by atoms with Gasteiger partial charge in [-0.15, -0.1) is 0 Å². The van der Waals surface area contributed by atoms with E-state index in [2.05, 4.69) is 26.8 Å². The molecule has 0 fully saturated rings. The molecule has 1 aromatic heterocycles. The second-order valence-corrected chi connectivity index (χ2v) is 4.14. The second kappa shape index (κ2) is 6.55. The molecule has 20 heavy (non-hydrogen) atoms. The first-order valence-electron chi connectivity index (χ1n) is 6.13. The summed E-state index contributed by atoms with van der Waals surface area (Å²) in [5.74, 6) is 5.83. The number of rotatable bonds is 3. The van der Waals surface area contributed by atoms with Crippen LogP contribution < -0.4 is 5.32 Å². The van der Waals surface area contributed by atoms with Crippen molar-refractivity contribution >= 4 is 11.7 Å². The summed E-state index contributed by atoms with van der Waals surface area (Å²) < 4.78 is 4.66. The Bertz CT molecular complexity index is 651. The number of carbonyl (C=O) groups excluding carboxylic acids is 1. The van der Waals surface area contributed by atoms with E-state index in [4.69, 9.17) is 5.11 Å². The first kappa shape index (κ1) is 13.8. The molecule has 5 heteroatoms. The third-order valence-electron chi connectivity index (χ3n) is 2.63. The van der Waals surface area contributed by atoms with Crippen LogP contribution in [0.5, 0.6) is 0 Å². The molecule has 0 spiro atoms. The molecule has 0 aliphatic carbocycles. The molecule has 2 rings (SSSR count). The minimum absolute atomic E-state index is 0.0262. The van der Waals surface area contributed by atoms with Crippen LogP contribution in [0.3, 0.4) is 0 Å². The van der Waals surface area contributed by atoms with Crippen LogP contribution in [0.4, 0.5) is 5.82 Å². The summed E-state index contributed by atoms with van der Waals surface area (Å²) in [6, 6.07) is 6.96. The fourth-order valence-electron chi connectivity index (χ4n) is 1.63. The summed E-state index contributed by atoms with van der Waals surface area (Å²) in [5, 5.41) is 15.0. The number of nitrogens with zero attached hydrogens (tertiary/aromatic N) is 1. The third kappa shape index (κ3) is 3.46. The Morgan fingerprint density at radius 3 is 3.00 bits per heavy atom. The van der Waals surface area contributed by atoms with Crippen molar-refractivity contribution < 1.29 is 14.4 Å². The van der Waals surface area contributed by atoms with Crippen molar-refractivity contribution in [3.05, 3.63) is 47.2 Å². The number of benzene rings is 1. The van der Waals surface area contributed by atoms with Gasteiger partial charge in [-0.2, -0.15) is 0 Å². The summed E-state index contributed by atoms with van der Waals surface area (Å²) in [4.78, 5) is 12.1. The number of aliphatic hydroxyl groups is 1. The number of aliphatic hydroxyl groups excluding tert-OH is 1. The van der Waals surface area contributed by atoms with Gasteiger partial charge < -0.3 is 14.9 Å². The molecule has 0 saturated carbocycles. The van der Waals surface area contributed by atoms with Gasteiger partial charge in [-0.05, 0) is 24.6 Å². The van der Waals surface area contributed by atoms with E-state index < -0.39 is 0 Å². The highest BCUT2D eigenvalue weighted by atomic mass is 16.5. The summed E-state index contributed by atoms with van der Waals surface area (Å²) in [6.07, 6.45) is 1.80. The van der Waals surface area contributed by atoms with Crippen molar-refractivity contribution in [2.45, 2.75) is 13.3 Å². The quantitative estimate of drug-likeness (QED) is 0.836. The zero-order chi connectivity index (χ0) is 14.4. The lowest BCUT2D eigenvalue weighted by Gasteiger charge is -2.05. The molecule has 2 aromatic rings. The molecule has 1 amide bonds. The standard InChI is InChI=1S/C15H14N2O3/c1-11-5-6-12(4-2-3-8-18)10-13(11)15(19)16-14-7-9-20-17-14/h5-7,9-10,18H,3,8H2,1H3,(H,16,17,19). The predicted molar refractivity (Wildman–Crippen MR) is 74.2 cm³/mol. The van der Waals surface area contributed by atoms with Gasteiger partial charge in [0.05, 0.1) is 6.61 Å². The highest BCUT2D eigenvalue weighted by molar-refractivity contribution is 6.04. The van der Waals surface area contributed by atoms with Gasteiger partial charge in [-0.3, -0.25) is 4.79 Å². The van der Waals surface area contributed by atoms with Crippen LogP contribution in [0.2, 0.25) is 0 Å². The van der Waals surface area contributed by atoms with E-state index in [0.29, 0.717) is 17.8 Å². The van der Waals surface area contributed by atoms with Crippen molar-refractivity contribution in [1.29, 1.82) is 0 Å². The Kier molecular flexibility index (Phi) is 4.53. The van der Waals surface area contributed by atoms with E-state index in [1.54, 1.807) is 12.1 Å². The molecule has 1 aromatic carbocycles. The van der Waals surface area contributed by atoms with Crippen molar-refractivity contribution in [1.82, 2.24) is 5.16 Å². The van der Waals surface area contributed by atoms with Crippen molar-refractivity contribution in [3.8, 4) is 11.8 Å². The molecule has 0 saturated heterocycles. The summed E-state index contributed by atoms with van der Waals surface area (Å²) in [5.41, 5.74) is 2.11. The summed E-state index contributed by atoms with van der Waals surface area (Å²) >= 11 is 0. The average Bonchev–Trinajstić information content (AvgIpc) is 2.93. The van der Waals surface area contributed by atoms with Crippen molar-refractivity contribution in [2.75, 3.05) is 11.9 Å². The molecule has 0 bridgehead atoms. The van der Waals surface area contributed by atoms with Gasteiger partial charge in [-0.1, -0.05) is 23.1 Å². The molecule has 5 nitrogen and oxygen atoms in total. The zero-order valence-corrected chi connectivity index (χ0v) is 11.0. The number of anilines is 1. The number of carbonyl (C=O) groups is 1. The van der Waals surface area contributed by atoms with Crippen LogP contribution in [-0.4, -0.2) is 22.8 Å². The number of aryl methyl sites for hydroxylation is 1. The molecule has 102 valence electrons. The fourth-order valence-corrected chi connectivity index (χ4v) is 1.63. The fraction of sp³-hybridized carbons (Fsp3) is 0.200. The largest absolute Gasteiger partial charge is 0.395 e. The van der Waals surface area contributed by atoms with Crippen LogP contribution >= 0.6 is 0 Å². The van der Waals surface area contributed by atoms with Crippen molar-refractivity contribution in [3.63, 3.8) is 0 Å². The van der Waals surface area contributed by atoms with E-state index in [1.165, 1.54) is 6.26 Å². The van der Waals surface area contributed by atoms with Gasteiger partial charge >= 0.3 is 0 Å². The highest BCUT2D eigenvalue weighted by Gasteiger charge is 2.11. The minimum Gasteiger partial charge on any atom is -0.395 e. The molecular formula is C15H14N2O3. The summed E-state index contributed by atoms with van der Waals surface area (Å²) in [7, 11) is 0. The van der Waals surface area contributed by atoms with E-state index >= 15 is 0 Å². The van der Waals surface area contributed by atoms with Crippen molar-refractivity contribution in [2.24, 2.45) is 0 Å². The SMILES string of the molecule is Cc1ccc(C#CCCO)cc1C(=O)Nc1ccon1. The Hall–Kier alpha value is -2.58. The van der Waals surface area contributed by atoms with E-state index in [9.17, 15) is 4.79 Å². The maximum absolute atomic E-state index is 12.1. The van der Waals surface area contributed by atoms with Crippen LogP contribution in [0.15, 0.2) is 35.1 Å². The monoisotopic (exact) mass is 270 g/mol.